The Balaban J connectivity index is 2.15. The summed E-state index contributed by atoms with van der Waals surface area (Å²) < 4.78 is 37.5. The van der Waals surface area contributed by atoms with Gasteiger partial charge < -0.3 is 10.4 Å². The molecule has 1 atom stereocenters. The van der Waals surface area contributed by atoms with Gasteiger partial charge in [0.05, 0.1) is 10.6 Å². The van der Waals surface area contributed by atoms with Gasteiger partial charge >= 0.3 is 0 Å². The first-order valence-corrected chi connectivity index (χ1v) is 8.84. The molecule has 1 amide bonds. The molecule has 0 radical (unpaired) electrons. The van der Waals surface area contributed by atoms with Crippen LogP contribution in [0.1, 0.15) is 12.5 Å². The van der Waals surface area contributed by atoms with Crippen LogP contribution in [0.3, 0.4) is 0 Å². The molecule has 0 saturated heterocycles. The standard InChI is InChI=1S/C17H18FNO4S/c1-12-3-7-14(8-4-12)19-16(20)17(2,21)11-24(22,23)15-9-5-13(18)6-10-15/h3-10,21H,11H2,1-2H3,(H,19,20). The Morgan fingerprint density at radius 1 is 1.12 bits per heavy atom. The van der Waals surface area contributed by atoms with Crippen LogP contribution >= 0.6 is 0 Å². The average molecular weight is 351 g/mol. The van der Waals surface area contributed by atoms with E-state index < -0.39 is 32.9 Å². The summed E-state index contributed by atoms with van der Waals surface area (Å²) in [7, 11) is -3.96. The number of benzene rings is 2. The van der Waals surface area contributed by atoms with Gasteiger partial charge in [-0.15, -0.1) is 0 Å². The smallest absolute Gasteiger partial charge is 0.257 e. The van der Waals surface area contributed by atoms with Gasteiger partial charge in [-0.1, -0.05) is 17.7 Å². The molecule has 0 bridgehead atoms. The van der Waals surface area contributed by atoms with Gasteiger partial charge in [0.2, 0.25) is 0 Å². The Morgan fingerprint density at radius 3 is 2.21 bits per heavy atom. The molecule has 1 unspecified atom stereocenters. The van der Waals surface area contributed by atoms with Crippen LogP contribution in [0.15, 0.2) is 53.4 Å². The van der Waals surface area contributed by atoms with Crippen molar-refractivity contribution < 1.29 is 22.7 Å². The number of aryl methyl sites for hydroxylation is 1. The van der Waals surface area contributed by atoms with Gasteiger partial charge in [0, 0.05) is 5.69 Å². The minimum absolute atomic E-state index is 0.160. The van der Waals surface area contributed by atoms with E-state index in [1.807, 2.05) is 6.92 Å². The molecule has 0 spiro atoms. The second-order valence-corrected chi connectivity index (χ2v) is 7.80. The number of amides is 1. The van der Waals surface area contributed by atoms with E-state index in [1.165, 1.54) is 0 Å². The van der Waals surface area contributed by atoms with Gasteiger partial charge in [0.15, 0.2) is 15.4 Å². The molecule has 0 aliphatic carbocycles. The highest BCUT2D eigenvalue weighted by Gasteiger charge is 2.36. The largest absolute Gasteiger partial charge is 0.379 e. The Hall–Kier alpha value is -2.25. The second kappa shape index (κ2) is 6.70. The number of carbonyl (C=O) groups is 1. The number of anilines is 1. The molecule has 0 aliphatic rings. The lowest BCUT2D eigenvalue weighted by Gasteiger charge is -2.22. The molecular weight excluding hydrogens is 333 g/mol. The maximum Gasteiger partial charge on any atom is 0.257 e. The molecule has 2 aromatic rings. The summed E-state index contributed by atoms with van der Waals surface area (Å²) in [5.74, 6) is -2.22. The number of rotatable bonds is 5. The maximum atomic E-state index is 12.9. The SMILES string of the molecule is Cc1ccc(NC(=O)C(C)(O)CS(=O)(=O)c2ccc(F)cc2)cc1. The van der Waals surface area contributed by atoms with Crippen LogP contribution in [-0.2, 0) is 14.6 Å². The molecule has 2 aromatic carbocycles. The number of aliphatic hydroxyl groups is 1. The molecule has 2 N–H and O–H groups in total. The molecule has 0 aliphatic heterocycles. The zero-order valence-corrected chi connectivity index (χ0v) is 14.1. The van der Waals surface area contributed by atoms with Crippen LogP contribution in [-0.4, -0.2) is 30.8 Å². The van der Waals surface area contributed by atoms with E-state index in [2.05, 4.69) is 5.32 Å². The van der Waals surface area contributed by atoms with Crippen molar-refractivity contribution in [1.29, 1.82) is 0 Å². The zero-order valence-electron chi connectivity index (χ0n) is 13.3. The first kappa shape index (κ1) is 18.1. The average Bonchev–Trinajstić information content (AvgIpc) is 2.49. The predicted octanol–water partition coefficient (Wildman–Crippen LogP) is 2.30. The van der Waals surface area contributed by atoms with Crippen molar-refractivity contribution in [3.8, 4) is 0 Å². The Kier molecular flexibility index (Phi) is 5.05. The fourth-order valence-corrected chi connectivity index (χ4v) is 3.65. The minimum atomic E-state index is -3.96. The third-order valence-corrected chi connectivity index (χ3v) is 5.37. The number of sulfone groups is 1. The van der Waals surface area contributed by atoms with Gasteiger partial charge in [0.25, 0.3) is 5.91 Å². The van der Waals surface area contributed by atoms with Gasteiger partial charge in [-0.05, 0) is 50.2 Å². The predicted molar refractivity (Wildman–Crippen MR) is 88.9 cm³/mol. The molecule has 128 valence electrons. The summed E-state index contributed by atoms with van der Waals surface area (Å²) in [6.07, 6.45) is 0. The molecular formula is C17H18FNO4S. The normalized spacial score (nSPS) is 14.0. The second-order valence-electron chi connectivity index (χ2n) is 5.81. The third kappa shape index (κ3) is 4.39. The summed E-state index contributed by atoms with van der Waals surface area (Å²) >= 11 is 0. The summed E-state index contributed by atoms with van der Waals surface area (Å²) in [6.45, 7) is 3.01. The van der Waals surface area contributed by atoms with E-state index in [4.69, 9.17) is 0 Å². The van der Waals surface area contributed by atoms with Crippen molar-refractivity contribution in [2.45, 2.75) is 24.3 Å². The molecule has 0 aromatic heterocycles. The first-order chi connectivity index (χ1) is 11.1. The highest BCUT2D eigenvalue weighted by atomic mass is 32.2. The van der Waals surface area contributed by atoms with E-state index in [0.29, 0.717) is 5.69 Å². The molecule has 7 heteroatoms. The topological polar surface area (TPSA) is 83.5 Å². The first-order valence-electron chi connectivity index (χ1n) is 7.19. The van der Waals surface area contributed by atoms with Gasteiger partial charge in [-0.2, -0.15) is 0 Å². The monoisotopic (exact) mass is 351 g/mol. The quantitative estimate of drug-likeness (QED) is 0.810. The van der Waals surface area contributed by atoms with E-state index in [9.17, 15) is 22.7 Å². The van der Waals surface area contributed by atoms with Crippen LogP contribution in [0.2, 0.25) is 0 Å². The third-order valence-electron chi connectivity index (χ3n) is 3.44. The highest BCUT2D eigenvalue weighted by molar-refractivity contribution is 7.91. The molecule has 5 nitrogen and oxygen atoms in total. The van der Waals surface area contributed by atoms with Crippen LogP contribution in [0.4, 0.5) is 10.1 Å². The fraction of sp³-hybridized carbons (Fsp3) is 0.235. The van der Waals surface area contributed by atoms with Crippen molar-refractivity contribution >= 4 is 21.4 Å². The maximum absolute atomic E-state index is 12.9. The Bertz CT molecular complexity index is 828. The van der Waals surface area contributed by atoms with Crippen LogP contribution in [0, 0.1) is 12.7 Å². The molecule has 24 heavy (non-hydrogen) atoms. The molecule has 2 rings (SSSR count). The minimum Gasteiger partial charge on any atom is -0.379 e. The van der Waals surface area contributed by atoms with E-state index in [-0.39, 0.29) is 4.90 Å². The van der Waals surface area contributed by atoms with Crippen molar-refractivity contribution in [2.24, 2.45) is 0 Å². The summed E-state index contributed by atoms with van der Waals surface area (Å²) in [5, 5.41) is 12.8. The van der Waals surface area contributed by atoms with Gasteiger partial charge in [0.1, 0.15) is 5.82 Å². The van der Waals surface area contributed by atoms with E-state index in [1.54, 1.807) is 24.3 Å². The summed E-state index contributed by atoms with van der Waals surface area (Å²) in [6, 6.07) is 11.1. The van der Waals surface area contributed by atoms with Gasteiger partial charge in [-0.3, -0.25) is 4.79 Å². The lowest BCUT2D eigenvalue weighted by atomic mass is 10.1. The fourth-order valence-electron chi connectivity index (χ4n) is 2.06. The molecule has 0 saturated carbocycles. The van der Waals surface area contributed by atoms with Crippen molar-refractivity contribution in [2.75, 3.05) is 11.1 Å². The summed E-state index contributed by atoms with van der Waals surface area (Å²) in [4.78, 5) is 12.0. The van der Waals surface area contributed by atoms with E-state index in [0.717, 1.165) is 36.8 Å². The van der Waals surface area contributed by atoms with E-state index >= 15 is 0 Å². The van der Waals surface area contributed by atoms with Crippen LogP contribution < -0.4 is 5.32 Å². The Morgan fingerprint density at radius 2 is 1.67 bits per heavy atom. The number of hydrogen-bond acceptors (Lipinski definition) is 4. The number of carbonyl (C=O) groups excluding carboxylic acids is 1. The lowest BCUT2D eigenvalue weighted by Crippen LogP contribution is -2.45. The van der Waals surface area contributed by atoms with Gasteiger partial charge in [-0.25, -0.2) is 12.8 Å². The zero-order chi connectivity index (χ0) is 18.0. The molecule has 0 fully saturated rings. The van der Waals surface area contributed by atoms with Crippen LogP contribution in [0.25, 0.3) is 0 Å². The van der Waals surface area contributed by atoms with Crippen molar-refractivity contribution in [3.05, 3.63) is 59.9 Å². The van der Waals surface area contributed by atoms with Crippen molar-refractivity contribution in [1.82, 2.24) is 0 Å². The Labute approximate surface area is 140 Å². The highest BCUT2D eigenvalue weighted by Crippen LogP contribution is 2.19. The number of nitrogens with one attached hydrogen (secondary N) is 1. The lowest BCUT2D eigenvalue weighted by molar-refractivity contribution is -0.130. The molecule has 0 heterocycles. The summed E-state index contributed by atoms with van der Waals surface area (Å²) in [5.41, 5.74) is -0.693. The number of hydrogen-bond donors (Lipinski definition) is 2. The van der Waals surface area contributed by atoms with Crippen molar-refractivity contribution in [3.63, 3.8) is 0 Å². The number of halogens is 1. The van der Waals surface area contributed by atoms with Crippen LogP contribution in [0.5, 0.6) is 0 Å².